The molecule has 230 valence electrons. The van der Waals surface area contributed by atoms with E-state index in [0.29, 0.717) is 29.5 Å². The largest absolute Gasteiger partial charge is 0.407 e. The van der Waals surface area contributed by atoms with Crippen LogP contribution in [-0.4, -0.2) is 46.7 Å². The lowest BCUT2D eigenvalue weighted by Crippen LogP contribution is -2.66. The quantitative estimate of drug-likeness (QED) is 0.0865. The first-order valence-electron chi connectivity index (χ1n) is 14.6. The molecular weight excluding hydrogens is 599 g/mol. The molecule has 0 amide bonds. The number of hydrogen-bond acceptors (Lipinski definition) is 7. The van der Waals surface area contributed by atoms with Gasteiger partial charge < -0.3 is 18.0 Å². The maximum absolute atomic E-state index is 13.8. The number of halogens is 1. The molecule has 43 heavy (non-hydrogen) atoms. The predicted octanol–water partition coefficient (Wildman–Crippen LogP) is 7.23. The van der Waals surface area contributed by atoms with Gasteiger partial charge in [0, 0.05) is 24.9 Å². The fourth-order valence-electron chi connectivity index (χ4n) is 5.31. The molecule has 2 heterocycles. The van der Waals surface area contributed by atoms with Crippen molar-refractivity contribution in [2.45, 2.75) is 72.3 Å². The Bertz CT molecular complexity index is 1500. The van der Waals surface area contributed by atoms with Gasteiger partial charge in [-0.05, 0) is 43.1 Å². The van der Waals surface area contributed by atoms with Crippen molar-refractivity contribution in [1.29, 1.82) is 0 Å². The van der Waals surface area contributed by atoms with Crippen molar-refractivity contribution in [3.63, 3.8) is 0 Å². The fraction of sp³-hybridized carbons (Fsp3) is 0.406. The molecule has 0 spiro atoms. The molecule has 2 aromatic heterocycles. The number of imidazole rings is 1. The van der Waals surface area contributed by atoms with E-state index in [1.807, 2.05) is 50.5 Å². The Labute approximate surface area is 261 Å². The lowest BCUT2D eigenvalue weighted by molar-refractivity contribution is 0.149. The van der Waals surface area contributed by atoms with Crippen LogP contribution in [0, 0.1) is 5.92 Å². The molecule has 2 aromatic carbocycles. The molecule has 0 saturated carbocycles. The zero-order valence-electron chi connectivity index (χ0n) is 26.0. The van der Waals surface area contributed by atoms with Crippen LogP contribution in [0.15, 0.2) is 85.2 Å². The van der Waals surface area contributed by atoms with Gasteiger partial charge >= 0.3 is 7.60 Å². The smallest absolute Gasteiger partial charge is 0.354 e. The molecule has 0 aliphatic rings. The van der Waals surface area contributed by atoms with Gasteiger partial charge in [-0.1, -0.05) is 99.1 Å². The van der Waals surface area contributed by atoms with E-state index in [0.717, 1.165) is 0 Å². The van der Waals surface area contributed by atoms with Gasteiger partial charge in [0.2, 0.25) is 0 Å². The zero-order valence-corrected chi connectivity index (χ0v) is 28.6. The van der Waals surface area contributed by atoms with Crippen LogP contribution in [0.4, 0.5) is 0 Å². The van der Waals surface area contributed by atoms with Crippen molar-refractivity contribution in [1.82, 2.24) is 19.5 Å². The number of benzene rings is 2. The third-order valence-electron chi connectivity index (χ3n) is 6.97. The molecular formula is C32H42ClN4O4PSi. The molecule has 11 heteroatoms. The molecule has 8 nitrogen and oxygen atoms in total. The second-order valence-electron chi connectivity index (χ2n) is 12.2. The topological polar surface area (TPSA) is 88.4 Å². The Hall–Kier alpha value is -2.65. The first-order chi connectivity index (χ1) is 20.3. The van der Waals surface area contributed by atoms with Crippen molar-refractivity contribution < 1.29 is 18.0 Å². The van der Waals surface area contributed by atoms with E-state index in [1.54, 1.807) is 12.1 Å². The molecule has 0 aliphatic heterocycles. The highest BCUT2D eigenvalue weighted by molar-refractivity contribution is 7.57. The van der Waals surface area contributed by atoms with Crippen LogP contribution in [-0.2, 0) is 24.6 Å². The molecule has 1 atom stereocenters. The summed E-state index contributed by atoms with van der Waals surface area (Å²) in [6.45, 7) is 14.9. The Morgan fingerprint density at radius 1 is 0.907 bits per heavy atom. The molecule has 4 aromatic rings. The lowest BCUT2D eigenvalue weighted by atomic mass is 10.1. The Balaban J connectivity index is 1.79. The molecule has 0 N–H and O–H groups in total. The highest BCUT2D eigenvalue weighted by Gasteiger charge is 2.50. The normalized spacial score (nSPS) is 13.9. The predicted molar refractivity (Wildman–Crippen MR) is 177 cm³/mol. The van der Waals surface area contributed by atoms with Crippen LogP contribution in [0.1, 0.15) is 48.5 Å². The fourth-order valence-corrected chi connectivity index (χ4v) is 11.9. The van der Waals surface area contributed by atoms with Crippen LogP contribution >= 0.6 is 19.2 Å². The summed E-state index contributed by atoms with van der Waals surface area (Å²) in [5.74, 6) is 1.33. The summed E-state index contributed by atoms with van der Waals surface area (Å²) in [7, 11) is -6.38. The highest BCUT2D eigenvalue weighted by atomic mass is 35.5. The van der Waals surface area contributed by atoms with Crippen molar-refractivity contribution in [2.75, 3.05) is 6.61 Å². The van der Waals surface area contributed by atoms with Crippen LogP contribution in [0.3, 0.4) is 0 Å². The zero-order chi connectivity index (χ0) is 31.3. The Morgan fingerprint density at radius 2 is 1.47 bits per heavy atom. The Morgan fingerprint density at radius 3 is 1.98 bits per heavy atom. The maximum Gasteiger partial charge on any atom is 0.354 e. The first kappa shape index (κ1) is 33.2. The minimum absolute atomic E-state index is 0.205. The Kier molecular flexibility index (Phi) is 10.8. The van der Waals surface area contributed by atoms with Gasteiger partial charge in [-0.25, -0.2) is 15.0 Å². The molecule has 0 saturated heterocycles. The van der Waals surface area contributed by atoms with E-state index < -0.39 is 15.9 Å². The van der Waals surface area contributed by atoms with Crippen molar-refractivity contribution in [3.8, 4) is 0 Å². The molecule has 0 aliphatic carbocycles. The number of aromatic nitrogens is 4. The second-order valence-corrected chi connectivity index (χ2v) is 18.6. The summed E-state index contributed by atoms with van der Waals surface area (Å²) < 4.78 is 34.6. The highest BCUT2D eigenvalue weighted by Crippen LogP contribution is 2.52. The number of fused-ring (bicyclic) bond motifs is 1. The van der Waals surface area contributed by atoms with Gasteiger partial charge in [-0.2, -0.15) is 0 Å². The first-order valence-corrected chi connectivity index (χ1v) is 18.5. The van der Waals surface area contributed by atoms with Crippen LogP contribution < -0.4 is 10.4 Å². The third-order valence-corrected chi connectivity index (χ3v) is 14.2. The van der Waals surface area contributed by atoms with Gasteiger partial charge in [0.1, 0.15) is 11.8 Å². The van der Waals surface area contributed by atoms with Gasteiger partial charge in [0.05, 0.1) is 18.5 Å². The monoisotopic (exact) mass is 640 g/mol. The summed E-state index contributed by atoms with van der Waals surface area (Å²) in [5.41, 5.74) is 1.14. The summed E-state index contributed by atoms with van der Waals surface area (Å²) in [6, 6.07) is 21.0. The SMILES string of the molecule is CC(C)OP(=O)(/C=C/C(CO[Si](c1ccccc1)(c1ccccc1)C(C)(C)C)Cn1cnc2c(Cl)ncnc21)OC(C)C. The lowest BCUT2D eigenvalue weighted by Gasteiger charge is -2.43. The van der Waals surface area contributed by atoms with Crippen LogP contribution in [0.5, 0.6) is 0 Å². The third kappa shape index (κ3) is 7.90. The molecule has 4 rings (SSSR count). The molecule has 0 radical (unpaired) electrons. The van der Waals surface area contributed by atoms with Gasteiger partial charge in [0.25, 0.3) is 8.32 Å². The number of nitrogens with zero attached hydrogens (tertiary/aromatic N) is 4. The minimum atomic E-state index is -3.54. The van der Waals surface area contributed by atoms with Crippen molar-refractivity contribution in [3.05, 3.63) is 90.4 Å². The van der Waals surface area contributed by atoms with E-state index in [9.17, 15) is 4.57 Å². The molecule has 1 unspecified atom stereocenters. The van der Waals surface area contributed by atoms with E-state index in [2.05, 4.69) is 84.3 Å². The number of hydrogen-bond donors (Lipinski definition) is 0. The van der Waals surface area contributed by atoms with Crippen LogP contribution in [0.2, 0.25) is 10.2 Å². The van der Waals surface area contributed by atoms with Gasteiger partial charge in [-0.3, -0.25) is 4.57 Å². The summed E-state index contributed by atoms with van der Waals surface area (Å²) in [4.78, 5) is 12.9. The van der Waals surface area contributed by atoms with Gasteiger partial charge in [0.15, 0.2) is 10.8 Å². The van der Waals surface area contributed by atoms with Crippen molar-refractivity contribution >= 4 is 49.1 Å². The molecule has 0 bridgehead atoms. The van der Waals surface area contributed by atoms with E-state index in [4.69, 9.17) is 25.1 Å². The second kappa shape index (κ2) is 14.0. The average molecular weight is 641 g/mol. The van der Waals surface area contributed by atoms with E-state index in [-0.39, 0.29) is 23.2 Å². The summed E-state index contributed by atoms with van der Waals surface area (Å²) >= 11 is 6.30. The standard InChI is InChI=1S/C32H42ClN4O4PSi/c1-24(2)40-42(38,41-25(3)4)19-18-26(20-37-23-36-29-30(33)34-22-35-31(29)37)21-39-43(32(5,6)7,27-14-10-8-11-15-27)28-16-12-9-13-17-28/h8-19,22-26H,20-21H2,1-7H3/b19-18+. The van der Waals surface area contributed by atoms with Crippen LogP contribution in [0.25, 0.3) is 11.2 Å². The molecule has 0 fully saturated rings. The van der Waals surface area contributed by atoms with E-state index >= 15 is 0 Å². The maximum atomic E-state index is 13.8. The average Bonchev–Trinajstić information content (AvgIpc) is 3.35. The summed E-state index contributed by atoms with van der Waals surface area (Å²) in [5, 5.41) is 2.45. The van der Waals surface area contributed by atoms with E-state index in [1.165, 1.54) is 16.7 Å². The summed E-state index contributed by atoms with van der Waals surface area (Å²) in [6.07, 6.45) is 4.45. The van der Waals surface area contributed by atoms with Gasteiger partial charge in [-0.15, -0.1) is 0 Å². The minimum Gasteiger partial charge on any atom is -0.407 e. The van der Waals surface area contributed by atoms with Crippen molar-refractivity contribution in [2.24, 2.45) is 5.92 Å². The number of rotatable bonds is 13.